The first-order chi connectivity index (χ1) is 9.88. The molecule has 0 spiro atoms. The first-order valence-corrected chi connectivity index (χ1v) is 8.44. The molecule has 0 fully saturated rings. The number of phenols is 1. The summed E-state index contributed by atoms with van der Waals surface area (Å²) in [5, 5.41) is 19.1. The zero-order valence-electron chi connectivity index (χ0n) is 10.5. The first-order valence-electron chi connectivity index (χ1n) is 5.77. The summed E-state index contributed by atoms with van der Waals surface area (Å²) in [6.45, 7) is 0. The third-order valence-electron chi connectivity index (χ3n) is 2.74. The van der Waals surface area contributed by atoms with E-state index in [1.54, 1.807) is 30.3 Å². The molecule has 0 saturated carbocycles. The van der Waals surface area contributed by atoms with E-state index in [1.807, 2.05) is 12.1 Å². The highest BCUT2D eigenvalue weighted by atomic mass is 127. The molecule has 0 aliphatic rings. The zero-order valence-corrected chi connectivity index (χ0v) is 15.8. The topological polar surface area (TPSA) is 57.5 Å². The van der Waals surface area contributed by atoms with Crippen molar-refractivity contribution in [3.63, 3.8) is 0 Å². The second kappa shape index (κ2) is 6.93. The number of halogens is 3. The summed E-state index contributed by atoms with van der Waals surface area (Å²) in [7, 11) is 0. The van der Waals surface area contributed by atoms with Crippen molar-refractivity contribution in [1.82, 2.24) is 0 Å². The molecule has 0 aliphatic carbocycles. The zero-order chi connectivity index (χ0) is 15.6. The number of phenolic OH excluding ortho intramolecular Hbond substituents is 1. The molecule has 2 N–H and O–H groups in total. The molecule has 21 heavy (non-hydrogen) atoms. The van der Waals surface area contributed by atoms with Crippen LogP contribution in [0, 0.1) is 3.57 Å². The van der Waals surface area contributed by atoms with Gasteiger partial charge in [-0.2, -0.15) is 0 Å². The molecule has 0 radical (unpaired) electrons. The maximum absolute atomic E-state index is 11.5. The summed E-state index contributed by atoms with van der Waals surface area (Å²) >= 11 is 8.63. The molecule has 2 aromatic carbocycles. The van der Waals surface area contributed by atoms with E-state index >= 15 is 0 Å². The Balaban J connectivity index is 2.52. The number of hydrogen-bond acceptors (Lipinski definition) is 2. The second-order valence-electron chi connectivity index (χ2n) is 4.20. The highest BCUT2D eigenvalue weighted by Crippen LogP contribution is 2.34. The van der Waals surface area contributed by atoms with Gasteiger partial charge in [-0.05, 0) is 95.9 Å². The van der Waals surface area contributed by atoms with Gasteiger partial charge in [-0.15, -0.1) is 0 Å². The van der Waals surface area contributed by atoms with Crippen LogP contribution < -0.4 is 0 Å². The van der Waals surface area contributed by atoms with Crippen molar-refractivity contribution in [1.29, 1.82) is 0 Å². The lowest BCUT2D eigenvalue weighted by atomic mass is 10.0. The Labute approximate surface area is 152 Å². The molecule has 0 bridgehead atoms. The highest BCUT2D eigenvalue weighted by Gasteiger charge is 2.12. The molecule has 0 amide bonds. The van der Waals surface area contributed by atoms with Crippen LogP contribution in [0.4, 0.5) is 0 Å². The van der Waals surface area contributed by atoms with Gasteiger partial charge in [0, 0.05) is 3.57 Å². The summed E-state index contributed by atoms with van der Waals surface area (Å²) in [5.41, 5.74) is 1.49. The van der Waals surface area contributed by atoms with Gasteiger partial charge in [-0.25, -0.2) is 4.79 Å². The average molecular weight is 524 g/mol. The van der Waals surface area contributed by atoms with Crippen LogP contribution in [0.15, 0.2) is 45.3 Å². The van der Waals surface area contributed by atoms with Gasteiger partial charge < -0.3 is 10.2 Å². The van der Waals surface area contributed by atoms with Gasteiger partial charge in [0.15, 0.2) is 0 Å². The third-order valence-corrected chi connectivity index (χ3v) is 4.66. The minimum Gasteiger partial charge on any atom is -0.506 e. The minimum absolute atomic E-state index is 0.0817. The normalized spacial score (nSPS) is 11.5. The number of rotatable bonds is 3. The Hall–Kier alpha value is -0.860. The molecule has 0 saturated heterocycles. The van der Waals surface area contributed by atoms with Gasteiger partial charge >= 0.3 is 5.97 Å². The summed E-state index contributed by atoms with van der Waals surface area (Å²) in [6.07, 6.45) is 1.57. The fraction of sp³-hybridized carbons (Fsp3) is 0. The van der Waals surface area contributed by atoms with E-state index in [1.165, 1.54) is 0 Å². The van der Waals surface area contributed by atoms with Crippen molar-refractivity contribution in [2.45, 2.75) is 0 Å². The average Bonchev–Trinajstić information content (AvgIpc) is 2.43. The van der Waals surface area contributed by atoms with Gasteiger partial charge in [-0.1, -0.05) is 12.1 Å². The largest absolute Gasteiger partial charge is 0.506 e. The van der Waals surface area contributed by atoms with Crippen molar-refractivity contribution < 1.29 is 15.0 Å². The van der Waals surface area contributed by atoms with Crippen LogP contribution in [0.5, 0.6) is 5.75 Å². The number of carboxylic acids is 1. The van der Waals surface area contributed by atoms with E-state index in [2.05, 4.69) is 54.5 Å². The molecule has 6 heteroatoms. The minimum atomic E-state index is -1.00. The predicted molar refractivity (Wildman–Crippen MR) is 98.2 cm³/mol. The molecule has 108 valence electrons. The van der Waals surface area contributed by atoms with Crippen LogP contribution in [-0.2, 0) is 4.79 Å². The monoisotopic (exact) mass is 522 g/mol. The Bertz CT molecular complexity index is 701. The van der Waals surface area contributed by atoms with E-state index in [0.29, 0.717) is 20.1 Å². The van der Waals surface area contributed by atoms with Crippen molar-refractivity contribution in [2.24, 2.45) is 0 Å². The second-order valence-corrected chi connectivity index (χ2v) is 7.16. The van der Waals surface area contributed by atoms with E-state index in [0.717, 1.165) is 3.57 Å². The Kier molecular flexibility index (Phi) is 5.45. The van der Waals surface area contributed by atoms with Crippen molar-refractivity contribution >= 4 is 72.1 Å². The van der Waals surface area contributed by atoms with Crippen LogP contribution >= 0.6 is 54.5 Å². The lowest BCUT2D eigenvalue weighted by molar-refractivity contribution is -0.130. The molecule has 0 unspecified atom stereocenters. The predicted octanol–water partition coefficient (Wildman–Crippen LogP) is 5.15. The lowest BCUT2D eigenvalue weighted by Gasteiger charge is -2.06. The van der Waals surface area contributed by atoms with E-state index in [-0.39, 0.29) is 11.3 Å². The SMILES string of the molecule is O=C(O)/C(=C\c1cc(Br)c(O)c(Br)c1)c1ccc(I)cc1. The van der Waals surface area contributed by atoms with Gasteiger partial charge in [0.05, 0.1) is 14.5 Å². The van der Waals surface area contributed by atoms with E-state index < -0.39 is 5.97 Å². The number of aliphatic carboxylic acids is 1. The summed E-state index contributed by atoms with van der Waals surface area (Å²) in [4.78, 5) is 11.5. The molecule has 2 aromatic rings. The summed E-state index contributed by atoms with van der Waals surface area (Å²) < 4.78 is 2.03. The Morgan fingerprint density at radius 3 is 2.10 bits per heavy atom. The summed E-state index contributed by atoms with van der Waals surface area (Å²) in [6, 6.07) is 10.6. The maximum Gasteiger partial charge on any atom is 0.336 e. The Morgan fingerprint density at radius 1 is 1.10 bits per heavy atom. The van der Waals surface area contributed by atoms with Crippen LogP contribution in [-0.4, -0.2) is 16.2 Å². The highest BCUT2D eigenvalue weighted by molar-refractivity contribution is 14.1. The maximum atomic E-state index is 11.5. The molecule has 0 heterocycles. The van der Waals surface area contributed by atoms with E-state index in [9.17, 15) is 15.0 Å². The molecule has 3 nitrogen and oxygen atoms in total. The molecule has 2 rings (SSSR count). The van der Waals surface area contributed by atoms with Crippen LogP contribution in [0.25, 0.3) is 11.6 Å². The number of aromatic hydroxyl groups is 1. The third kappa shape index (κ3) is 4.08. The number of carboxylic acid groups (broad SMARTS) is 1. The smallest absolute Gasteiger partial charge is 0.336 e. The van der Waals surface area contributed by atoms with Crippen LogP contribution in [0.1, 0.15) is 11.1 Å². The Morgan fingerprint density at radius 2 is 1.62 bits per heavy atom. The van der Waals surface area contributed by atoms with Crippen LogP contribution in [0.3, 0.4) is 0 Å². The standard InChI is InChI=1S/C15H9Br2IO3/c16-12-6-8(7-13(17)14(12)19)5-11(15(20)21)9-1-3-10(18)4-2-9/h1-7,19H,(H,20,21)/b11-5-. The van der Waals surface area contributed by atoms with Gasteiger partial charge in [0.2, 0.25) is 0 Å². The van der Waals surface area contributed by atoms with Crippen molar-refractivity contribution in [3.05, 3.63) is 60.0 Å². The van der Waals surface area contributed by atoms with Crippen molar-refractivity contribution in [2.75, 3.05) is 0 Å². The van der Waals surface area contributed by atoms with Gasteiger partial charge in [0.1, 0.15) is 5.75 Å². The van der Waals surface area contributed by atoms with Crippen LogP contribution in [0.2, 0.25) is 0 Å². The molecular weight excluding hydrogens is 515 g/mol. The molecule has 0 aliphatic heterocycles. The first kappa shape index (κ1) is 16.5. The van der Waals surface area contributed by atoms with Crippen molar-refractivity contribution in [3.8, 4) is 5.75 Å². The van der Waals surface area contributed by atoms with Gasteiger partial charge in [0.25, 0.3) is 0 Å². The molecular formula is C15H9Br2IO3. The lowest BCUT2D eigenvalue weighted by Crippen LogP contribution is -1.99. The fourth-order valence-electron chi connectivity index (χ4n) is 1.73. The van der Waals surface area contributed by atoms with E-state index in [4.69, 9.17) is 0 Å². The number of carbonyl (C=O) groups is 1. The molecule has 0 atom stereocenters. The quantitative estimate of drug-likeness (QED) is 0.332. The fourth-order valence-corrected chi connectivity index (χ4v) is 3.31. The number of hydrogen-bond donors (Lipinski definition) is 2. The summed E-state index contributed by atoms with van der Waals surface area (Å²) in [5.74, 6) is -0.921. The molecule has 0 aromatic heterocycles. The number of benzene rings is 2. The van der Waals surface area contributed by atoms with Gasteiger partial charge in [-0.3, -0.25) is 0 Å².